The summed E-state index contributed by atoms with van der Waals surface area (Å²) in [4.78, 5) is 12.8. The maximum absolute atomic E-state index is 12.9. The molecule has 4 heterocycles. The molecule has 3 aromatic heterocycles. The van der Waals surface area contributed by atoms with Crippen LogP contribution in [0.2, 0.25) is 0 Å². The molecular weight excluding hydrogens is 509 g/mol. The van der Waals surface area contributed by atoms with E-state index in [4.69, 9.17) is 9.47 Å². The predicted molar refractivity (Wildman–Crippen MR) is 157 cm³/mol. The number of rotatable bonds is 5. The van der Waals surface area contributed by atoms with Crippen LogP contribution in [0.5, 0.6) is 5.75 Å². The Hall–Kier alpha value is -4.15. The van der Waals surface area contributed by atoms with Gasteiger partial charge in [-0.25, -0.2) is 14.4 Å². The summed E-state index contributed by atoms with van der Waals surface area (Å²) in [6.45, 7) is 8.26. The van der Waals surface area contributed by atoms with Crippen LogP contribution in [0.4, 0.5) is 10.2 Å². The fraction of sp³-hybridized carbons (Fsp3) is 0.333. The number of hydrogen-bond acceptors (Lipinski definition) is 8. The van der Waals surface area contributed by atoms with Gasteiger partial charge >= 0.3 is 0 Å². The molecule has 1 aliphatic rings. The van der Waals surface area contributed by atoms with Gasteiger partial charge in [-0.15, -0.1) is 0 Å². The molecule has 2 atom stereocenters. The van der Waals surface area contributed by atoms with Crippen LogP contribution in [0.15, 0.2) is 67.4 Å². The Morgan fingerprint density at radius 3 is 2.65 bits per heavy atom. The standard InChI is InChI=1S/C19H24N6O2.C9H6FN.C2H6/c1-12(16-10-26-5-4-21-16)27-17-7-13(14-8-24-25(3)9-14)6-15-18(17)19(20-2)23-11-22-15;10-8-4-1-5-9-7(8)3-2-6-11-9;1-2/h6-9,11-12,16,21H,4-5,10H2,1-3H3,(H,20,22,23);1-6H;1-2H3. The largest absolute Gasteiger partial charge is 0.488 e. The number of nitrogens with one attached hydrogen (secondary N) is 2. The van der Waals surface area contributed by atoms with Crippen LogP contribution in [-0.2, 0) is 11.8 Å². The van der Waals surface area contributed by atoms with Gasteiger partial charge in [-0.1, -0.05) is 19.9 Å². The molecule has 0 bridgehead atoms. The van der Waals surface area contributed by atoms with E-state index in [-0.39, 0.29) is 18.0 Å². The molecule has 9 nitrogen and oxygen atoms in total. The molecule has 210 valence electrons. The molecule has 10 heteroatoms. The van der Waals surface area contributed by atoms with Gasteiger partial charge in [0.1, 0.15) is 29.8 Å². The lowest BCUT2D eigenvalue weighted by Gasteiger charge is -2.29. The Bertz CT molecular complexity index is 1530. The van der Waals surface area contributed by atoms with E-state index in [1.807, 2.05) is 52.5 Å². The lowest BCUT2D eigenvalue weighted by molar-refractivity contribution is 0.0341. The number of fused-ring (bicyclic) bond motifs is 2. The second kappa shape index (κ2) is 13.8. The van der Waals surface area contributed by atoms with Crippen molar-refractivity contribution in [1.82, 2.24) is 30.0 Å². The minimum atomic E-state index is -0.212. The van der Waals surface area contributed by atoms with Crippen LogP contribution in [0.3, 0.4) is 0 Å². The van der Waals surface area contributed by atoms with E-state index in [0.717, 1.165) is 46.7 Å². The van der Waals surface area contributed by atoms with Crippen molar-refractivity contribution in [2.45, 2.75) is 32.9 Å². The molecule has 1 aliphatic heterocycles. The first-order valence-electron chi connectivity index (χ1n) is 13.5. The third-order valence-electron chi connectivity index (χ3n) is 6.40. The molecule has 2 aromatic carbocycles. The normalized spacial score (nSPS) is 15.4. The van der Waals surface area contributed by atoms with E-state index in [1.54, 1.807) is 41.5 Å². The zero-order valence-corrected chi connectivity index (χ0v) is 23.6. The second-order valence-electron chi connectivity index (χ2n) is 9.01. The summed E-state index contributed by atoms with van der Waals surface area (Å²) in [5.74, 6) is 1.28. The van der Waals surface area contributed by atoms with Crippen molar-refractivity contribution in [3.63, 3.8) is 0 Å². The Morgan fingerprint density at radius 2 is 1.95 bits per heavy atom. The van der Waals surface area contributed by atoms with Gasteiger partial charge < -0.3 is 20.1 Å². The molecule has 0 aliphatic carbocycles. The van der Waals surface area contributed by atoms with Crippen LogP contribution >= 0.6 is 0 Å². The Kier molecular flexibility index (Phi) is 9.93. The van der Waals surface area contributed by atoms with Crippen LogP contribution < -0.4 is 15.4 Å². The number of pyridine rings is 1. The predicted octanol–water partition coefficient (Wildman–Crippen LogP) is 5.23. The van der Waals surface area contributed by atoms with Crippen molar-refractivity contribution in [3.05, 3.63) is 73.2 Å². The fourth-order valence-electron chi connectivity index (χ4n) is 4.41. The first-order chi connectivity index (χ1) is 19.5. The molecule has 40 heavy (non-hydrogen) atoms. The maximum Gasteiger partial charge on any atom is 0.140 e. The van der Waals surface area contributed by atoms with Crippen molar-refractivity contribution in [3.8, 4) is 16.9 Å². The fourth-order valence-corrected chi connectivity index (χ4v) is 4.41. The van der Waals surface area contributed by atoms with E-state index in [1.165, 1.54) is 6.07 Å². The molecule has 0 amide bonds. The van der Waals surface area contributed by atoms with Gasteiger partial charge in [-0.05, 0) is 48.9 Å². The molecule has 2 unspecified atom stereocenters. The molecule has 0 spiro atoms. The van der Waals surface area contributed by atoms with Crippen LogP contribution in [0, 0.1) is 5.82 Å². The van der Waals surface area contributed by atoms with Crippen molar-refractivity contribution in [2.24, 2.45) is 7.05 Å². The smallest absolute Gasteiger partial charge is 0.140 e. The number of halogens is 1. The highest BCUT2D eigenvalue weighted by molar-refractivity contribution is 5.97. The average molecular weight is 546 g/mol. The van der Waals surface area contributed by atoms with Crippen LogP contribution in [0.1, 0.15) is 20.8 Å². The number of hydrogen-bond donors (Lipinski definition) is 2. The molecule has 2 N–H and O–H groups in total. The summed E-state index contributed by atoms with van der Waals surface area (Å²) in [7, 11) is 3.75. The quantitative estimate of drug-likeness (QED) is 0.310. The SMILES string of the molecule is CC.CNc1ncnc2cc(-c3cnn(C)c3)cc(OC(C)C3COCCN3)c12.Fc1cccc2ncccc12. The number of anilines is 1. The Balaban J connectivity index is 0.000000236. The first kappa shape index (κ1) is 28.8. The summed E-state index contributed by atoms with van der Waals surface area (Å²) in [6.07, 6.45) is 6.96. The zero-order chi connectivity index (χ0) is 28.5. The number of aromatic nitrogens is 5. The molecular formula is C30H36FN7O2. The molecule has 0 saturated carbocycles. The van der Waals surface area contributed by atoms with E-state index in [9.17, 15) is 4.39 Å². The third-order valence-corrected chi connectivity index (χ3v) is 6.40. The van der Waals surface area contributed by atoms with E-state index in [0.29, 0.717) is 17.5 Å². The Morgan fingerprint density at radius 1 is 1.10 bits per heavy atom. The molecule has 1 fully saturated rings. The summed E-state index contributed by atoms with van der Waals surface area (Å²) in [5, 5.41) is 12.3. The van der Waals surface area contributed by atoms with E-state index in [2.05, 4.69) is 37.6 Å². The topological polar surface area (TPSA) is 99.0 Å². The third kappa shape index (κ3) is 6.70. The average Bonchev–Trinajstić information content (AvgIpc) is 3.45. The number of benzene rings is 2. The monoisotopic (exact) mass is 545 g/mol. The number of nitrogens with zero attached hydrogens (tertiary/aromatic N) is 5. The summed E-state index contributed by atoms with van der Waals surface area (Å²) >= 11 is 0. The van der Waals surface area contributed by atoms with Gasteiger partial charge in [-0.3, -0.25) is 9.67 Å². The minimum Gasteiger partial charge on any atom is -0.488 e. The lowest BCUT2D eigenvalue weighted by Crippen LogP contribution is -2.49. The number of ether oxygens (including phenoxy) is 2. The van der Waals surface area contributed by atoms with Crippen LogP contribution in [-0.4, -0.2) is 63.7 Å². The van der Waals surface area contributed by atoms with Crippen molar-refractivity contribution >= 4 is 27.6 Å². The van der Waals surface area contributed by atoms with E-state index >= 15 is 0 Å². The molecule has 5 aromatic rings. The highest BCUT2D eigenvalue weighted by Crippen LogP contribution is 2.35. The van der Waals surface area contributed by atoms with Gasteiger partial charge in [0.25, 0.3) is 0 Å². The highest BCUT2D eigenvalue weighted by atomic mass is 19.1. The van der Waals surface area contributed by atoms with Gasteiger partial charge in [0.2, 0.25) is 0 Å². The molecule has 0 radical (unpaired) electrons. The van der Waals surface area contributed by atoms with Crippen molar-refractivity contribution in [2.75, 3.05) is 32.1 Å². The minimum absolute atomic E-state index is 0.0671. The number of aryl methyl sites for hydroxylation is 1. The molecule has 6 rings (SSSR count). The van der Waals surface area contributed by atoms with Crippen molar-refractivity contribution < 1.29 is 13.9 Å². The summed E-state index contributed by atoms with van der Waals surface area (Å²) < 4.78 is 26.7. The first-order valence-corrected chi connectivity index (χ1v) is 13.5. The second-order valence-corrected chi connectivity index (χ2v) is 9.01. The van der Waals surface area contributed by atoms with Crippen molar-refractivity contribution in [1.29, 1.82) is 0 Å². The van der Waals surface area contributed by atoms with Gasteiger partial charge in [0.05, 0.1) is 41.9 Å². The van der Waals surface area contributed by atoms with E-state index < -0.39 is 0 Å². The Labute approximate surface area is 233 Å². The molecule has 1 saturated heterocycles. The summed E-state index contributed by atoms with van der Waals surface area (Å²) in [5.41, 5.74) is 3.55. The van der Waals surface area contributed by atoms with Crippen LogP contribution in [0.25, 0.3) is 32.9 Å². The maximum atomic E-state index is 12.9. The van der Waals surface area contributed by atoms with Gasteiger partial charge in [0, 0.05) is 44.0 Å². The zero-order valence-electron chi connectivity index (χ0n) is 23.6. The number of morpholine rings is 1. The van der Waals surface area contributed by atoms with Gasteiger partial charge in [0.15, 0.2) is 0 Å². The summed E-state index contributed by atoms with van der Waals surface area (Å²) in [6, 6.07) is 12.5. The lowest BCUT2D eigenvalue weighted by atomic mass is 10.1. The highest BCUT2D eigenvalue weighted by Gasteiger charge is 2.23. The van der Waals surface area contributed by atoms with Gasteiger partial charge in [-0.2, -0.15) is 5.10 Å².